The van der Waals surface area contributed by atoms with Crippen LogP contribution in [0.1, 0.15) is 15.9 Å². The standard InChI is InChI=1S/C20H19NO3/c22-19(21-11-13-24-14-12-21)15-18(16-7-3-1-4-8-16)20(23)17-9-5-2-6-10-17/h1-10,15H,11-14H2/b18-15-. The Kier molecular flexibility index (Phi) is 5.18. The zero-order valence-corrected chi connectivity index (χ0v) is 13.4. The summed E-state index contributed by atoms with van der Waals surface area (Å²) in [6, 6.07) is 18.3. The highest BCUT2D eigenvalue weighted by Gasteiger charge is 2.20. The average molecular weight is 321 g/mol. The molecule has 2 aromatic carbocycles. The lowest BCUT2D eigenvalue weighted by atomic mass is 9.96. The Morgan fingerprint density at radius 2 is 1.38 bits per heavy atom. The predicted octanol–water partition coefficient (Wildman–Crippen LogP) is 2.81. The third-order valence-electron chi connectivity index (χ3n) is 3.96. The maximum absolute atomic E-state index is 12.9. The van der Waals surface area contributed by atoms with Gasteiger partial charge in [0, 0.05) is 30.3 Å². The van der Waals surface area contributed by atoms with Crippen molar-refractivity contribution in [3.05, 3.63) is 77.9 Å². The Hall–Kier alpha value is -2.72. The van der Waals surface area contributed by atoms with Crippen molar-refractivity contribution in [3.63, 3.8) is 0 Å². The lowest BCUT2D eigenvalue weighted by Gasteiger charge is -2.26. The lowest BCUT2D eigenvalue weighted by molar-refractivity contribution is -0.129. The molecule has 0 aromatic heterocycles. The van der Waals surface area contributed by atoms with Crippen LogP contribution in [-0.4, -0.2) is 42.9 Å². The zero-order valence-electron chi connectivity index (χ0n) is 13.4. The Bertz CT molecular complexity index is 732. The number of ketones is 1. The van der Waals surface area contributed by atoms with Gasteiger partial charge in [-0.3, -0.25) is 9.59 Å². The lowest BCUT2D eigenvalue weighted by Crippen LogP contribution is -2.40. The van der Waals surface area contributed by atoms with Crippen LogP contribution < -0.4 is 0 Å². The highest BCUT2D eigenvalue weighted by atomic mass is 16.5. The Balaban J connectivity index is 1.94. The summed E-state index contributed by atoms with van der Waals surface area (Å²) in [4.78, 5) is 27.2. The number of carbonyl (C=O) groups excluding carboxylic acids is 2. The van der Waals surface area contributed by atoms with Gasteiger partial charge in [0.15, 0.2) is 5.78 Å². The molecule has 4 nitrogen and oxygen atoms in total. The predicted molar refractivity (Wildman–Crippen MR) is 92.6 cm³/mol. The molecule has 0 bridgehead atoms. The van der Waals surface area contributed by atoms with Gasteiger partial charge in [-0.05, 0) is 5.56 Å². The third kappa shape index (κ3) is 3.78. The van der Waals surface area contributed by atoms with Crippen molar-refractivity contribution in [1.82, 2.24) is 4.90 Å². The van der Waals surface area contributed by atoms with E-state index in [-0.39, 0.29) is 11.7 Å². The number of benzene rings is 2. The number of carbonyl (C=O) groups is 2. The van der Waals surface area contributed by atoms with E-state index in [1.54, 1.807) is 17.0 Å². The first-order valence-electron chi connectivity index (χ1n) is 7.99. The summed E-state index contributed by atoms with van der Waals surface area (Å²) >= 11 is 0. The minimum Gasteiger partial charge on any atom is -0.378 e. The number of hydrogen-bond donors (Lipinski definition) is 0. The van der Waals surface area contributed by atoms with Crippen LogP contribution in [0.4, 0.5) is 0 Å². The van der Waals surface area contributed by atoms with Crippen molar-refractivity contribution >= 4 is 17.3 Å². The quantitative estimate of drug-likeness (QED) is 0.642. The number of rotatable bonds is 4. The largest absolute Gasteiger partial charge is 0.378 e. The number of nitrogens with zero attached hydrogens (tertiary/aromatic N) is 1. The summed E-state index contributed by atoms with van der Waals surface area (Å²) in [7, 11) is 0. The molecule has 122 valence electrons. The van der Waals surface area contributed by atoms with E-state index in [4.69, 9.17) is 4.74 Å². The van der Waals surface area contributed by atoms with Crippen molar-refractivity contribution in [1.29, 1.82) is 0 Å². The van der Waals surface area contributed by atoms with Crippen LogP contribution in [0.15, 0.2) is 66.7 Å². The number of ether oxygens (including phenoxy) is 1. The highest BCUT2D eigenvalue weighted by molar-refractivity contribution is 6.31. The molecule has 2 aromatic rings. The van der Waals surface area contributed by atoms with Gasteiger partial charge in [-0.15, -0.1) is 0 Å². The van der Waals surface area contributed by atoms with Gasteiger partial charge >= 0.3 is 0 Å². The molecule has 0 radical (unpaired) electrons. The normalized spacial score (nSPS) is 15.2. The second-order valence-electron chi connectivity index (χ2n) is 5.56. The van der Waals surface area contributed by atoms with Gasteiger partial charge < -0.3 is 9.64 Å². The van der Waals surface area contributed by atoms with Crippen LogP contribution in [-0.2, 0) is 9.53 Å². The molecule has 1 aliphatic rings. The van der Waals surface area contributed by atoms with E-state index in [1.165, 1.54) is 6.08 Å². The zero-order chi connectivity index (χ0) is 16.8. The average Bonchev–Trinajstić information content (AvgIpc) is 2.67. The number of amides is 1. The topological polar surface area (TPSA) is 46.6 Å². The van der Waals surface area contributed by atoms with Crippen molar-refractivity contribution in [3.8, 4) is 0 Å². The van der Waals surface area contributed by atoms with E-state index in [0.717, 1.165) is 5.56 Å². The summed E-state index contributed by atoms with van der Waals surface area (Å²) < 4.78 is 5.27. The first-order valence-corrected chi connectivity index (χ1v) is 7.99. The molecule has 0 saturated carbocycles. The van der Waals surface area contributed by atoms with Crippen molar-refractivity contribution in [2.75, 3.05) is 26.3 Å². The fraction of sp³-hybridized carbons (Fsp3) is 0.200. The first kappa shape index (κ1) is 16.1. The van der Waals surface area contributed by atoms with Gasteiger partial charge in [-0.1, -0.05) is 60.7 Å². The minimum absolute atomic E-state index is 0.150. The van der Waals surface area contributed by atoms with E-state index >= 15 is 0 Å². The number of hydrogen-bond acceptors (Lipinski definition) is 3. The van der Waals surface area contributed by atoms with Gasteiger partial charge in [0.25, 0.3) is 0 Å². The number of allylic oxidation sites excluding steroid dienone is 1. The molecule has 1 fully saturated rings. The summed E-state index contributed by atoms with van der Waals surface area (Å²) in [5.74, 6) is -0.301. The molecule has 0 aliphatic carbocycles. The Morgan fingerprint density at radius 3 is 1.96 bits per heavy atom. The fourth-order valence-electron chi connectivity index (χ4n) is 2.64. The molecule has 0 atom stereocenters. The molecular formula is C20H19NO3. The molecule has 1 saturated heterocycles. The molecule has 1 aliphatic heterocycles. The van der Waals surface area contributed by atoms with E-state index in [2.05, 4.69) is 0 Å². The molecule has 0 N–H and O–H groups in total. The second-order valence-corrected chi connectivity index (χ2v) is 5.56. The highest BCUT2D eigenvalue weighted by Crippen LogP contribution is 2.20. The van der Waals surface area contributed by atoms with E-state index in [9.17, 15) is 9.59 Å². The Labute approximate surface area is 141 Å². The maximum atomic E-state index is 12.9. The maximum Gasteiger partial charge on any atom is 0.247 e. The monoisotopic (exact) mass is 321 g/mol. The molecule has 4 heteroatoms. The SMILES string of the molecule is O=C(/C(=C\C(=O)N1CCOCC1)c1ccccc1)c1ccccc1. The van der Waals surface area contributed by atoms with Crippen LogP contribution >= 0.6 is 0 Å². The second kappa shape index (κ2) is 7.70. The van der Waals surface area contributed by atoms with Gasteiger partial charge in [0.2, 0.25) is 5.91 Å². The van der Waals surface area contributed by atoms with Gasteiger partial charge in [-0.25, -0.2) is 0 Å². The smallest absolute Gasteiger partial charge is 0.247 e. The van der Waals surface area contributed by atoms with Crippen LogP contribution in [0.2, 0.25) is 0 Å². The van der Waals surface area contributed by atoms with Crippen molar-refractivity contribution in [2.24, 2.45) is 0 Å². The summed E-state index contributed by atoms with van der Waals surface area (Å²) in [6.45, 7) is 2.17. The summed E-state index contributed by atoms with van der Waals surface area (Å²) in [5.41, 5.74) is 1.73. The van der Waals surface area contributed by atoms with E-state index in [1.807, 2.05) is 48.5 Å². The van der Waals surface area contributed by atoms with Crippen molar-refractivity contribution < 1.29 is 14.3 Å². The van der Waals surface area contributed by atoms with Crippen LogP contribution in [0.25, 0.3) is 5.57 Å². The third-order valence-corrected chi connectivity index (χ3v) is 3.96. The van der Waals surface area contributed by atoms with Gasteiger partial charge in [-0.2, -0.15) is 0 Å². The molecule has 0 unspecified atom stereocenters. The molecule has 1 amide bonds. The summed E-state index contributed by atoms with van der Waals surface area (Å²) in [6.07, 6.45) is 1.45. The number of morpholine rings is 1. The summed E-state index contributed by atoms with van der Waals surface area (Å²) in [5, 5.41) is 0. The van der Waals surface area contributed by atoms with Crippen LogP contribution in [0.5, 0.6) is 0 Å². The van der Waals surface area contributed by atoms with Crippen LogP contribution in [0.3, 0.4) is 0 Å². The molecule has 1 heterocycles. The number of Topliss-reactive ketones (excluding diaryl/α,β-unsaturated/α-hetero) is 1. The van der Waals surface area contributed by atoms with Crippen LogP contribution in [0, 0.1) is 0 Å². The first-order chi connectivity index (χ1) is 11.8. The van der Waals surface area contributed by atoms with Gasteiger partial charge in [0.05, 0.1) is 13.2 Å². The molecule has 0 spiro atoms. The Morgan fingerprint density at radius 1 is 0.833 bits per heavy atom. The van der Waals surface area contributed by atoms with E-state index < -0.39 is 0 Å². The molecular weight excluding hydrogens is 302 g/mol. The molecule has 24 heavy (non-hydrogen) atoms. The fourth-order valence-corrected chi connectivity index (χ4v) is 2.64. The molecule has 3 rings (SSSR count). The minimum atomic E-state index is -0.151. The van der Waals surface area contributed by atoms with E-state index in [0.29, 0.717) is 37.4 Å². The van der Waals surface area contributed by atoms with Crippen molar-refractivity contribution in [2.45, 2.75) is 0 Å². The van der Waals surface area contributed by atoms with Gasteiger partial charge in [0.1, 0.15) is 0 Å².